The van der Waals surface area contributed by atoms with Gasteiger partial charge in [-0.1, -0.05) is 19.9 Å². The van der Waals surface area contributed by atoms with Gasteiger partial charge in [-0.2, -0.15) is 0 Å². The molecule has 0 bridgehead atoms. The second kappa shape index (κ2) is 6.07. The lowest BCUT2D eigenvalue weighted by molar-refractivity contribution is -0.115. The molecule has 3 heterocycles. The summed E-state index contributed by atoms with van der Waals surface area (Å²) in [5.74, 6) is 1.99. The quantitative estimate of drug-likeness (QED) is 0.899. The van der Waals surface area contributed by atoms with Crippen molar-refractivity contribution in [3.8, 4) is 0 Å². The number of aryl methyl sites for hydroxylation is 1. The molecule has 0 fully saturated rings. The topological polar surface area (TPSA) is 97.0 Å². The number of nitrogens with two attached hydrogens (primary N) is 1. The molecule has 0 saturated carbocycles. The van der Waals surface area contributed by atoms with E-state index < -0.39 is 0 Å². The molecule has 1 amide bonds. The molecule has 7 heteroatoms. The molecular weight excluding hydrogens is 304 g/mol. The van der Waals surface area contributed by atoms with E-state index in [-0.39, 0.29) is 24.4 Å². The highest BCUT2D eigenvalue weighted by Gasteiger charge is 2.31. The van der Waals surface area contributed by atoms with Gasteiger partial charge in [0.1, 0.15) is 17.3 Å². The number of nitrogens with one attached hydrogen (secondary N) is 1. The number of anilines is 3. The summed E-state index contributed by atoms with van der Waals surface area (Å²) >= 11 is 0. The number of nitrogen functional groups attached to an aromatic ring is 1. The van der Waals surface area contributed by atoms with Crippen molar-refractivity contribution < 1.29 is 4.79 Å². The monoisotopic (exact) mass is 326 g/mol. The van der Waals surface area contributed by atoms with Crippen molar-refractivity contribution in [3.05, 3.63) is 35.4 Å². The molecule has 0 aromatic carbocycles. The summed E-state index contributed by atoms with van der Waals surface area (Å²) in [6.07, 6.45) is 1.66. The Balaban J connectivity index is 2.12. The molecule has 3 N–H and O–H groups in total. The summed E-state index contributed by atoms with van der Waals surface area (Å²) in [4.78, 5) is 27.5. The van der Waals surface area contributed by atoms with Gasteiger partial charge in [-0.3, -0.25) is 4.79 Å². The van der Waals surface area contributed by atoms with Crippen LogP contribution in [0, 0.1) is 6.92 Å². The van der Waals surface area contributed by atoms with E-state index in [4.69, 9.17) is 5.73 Å². The van der Waals surface area contributed by atoms with Crippen LogP contribution in [0.4, 0.5) is 17.3 Å². The zero-order chi connectivity index (χ0) is 17.4. The van der Waals surface area contributed by atoms with Gasteiger partial charge in [0.05, 0.1) is 18.3 Å². The average Bonchev–Trinajstić information content (AvgIpc) is 2.53. The van der Waals surface area contributed by atoms with Gasteiger partial charge in [-0.05, 0) is 25.8 Å². The fraction of sp³-hybridized carbons (Fsp3) is 0.412. The van der Waals surface area contributed by atoms with Crippen LogP contribution in [0.3, 0.4) is 0 Å². The van der Waals surface area contributed by atoms with E-state index in [1.807, 2.05) is 30.9 Å². The molecule has 7 nitrogen and oxygen atoms in total. The van der Waals surface area contributed by atoms with E-state index in [9.17, 15) is 4.79 Å². The third-order valence-electron chi connectivity index (χ3n) is 4.22. The average molecular weight is 326 g/mol. The van der Waals surface area contributed by atoms with E-state index in [2.05, 4.69) is 34.1 Å². The van der Waals surface area contributed by atoms with Crippen LogP contribution in [0.15, 0.2) is 18.3 Å². The van der Waals surface area contributed by atoms with Gasteiger partial charge in [0.2, 0.25) is 5.91 Å². The lowest BCUT2D eigenvalue weighted by Crippen LogP contribution is -2.41. The Morgan fingerprint density at radius 1 is 1.29 bits per heavy atom. The number of pyridine rings is 1. The molecule has 2 aromatic heterocycles. The molecule has 2 aromatic rings. The number of fused-ring (bicyclic) bond motifs is 1. The summed E-state index contributed by atoms with van der Waals surface area (Å²) in [5.41, 5.74) is 8.44. The van der Waals surface area contributed by atoms with Gasteiger partial charge in [0.15, 0.2) is 5.82 Å². The van der Waals surface area contributed by atoms with Gasteiger partial charge < -0.3 is 16.0 Å². The van der Waals surface area contributed by atoms with Gasteiger partial charge in [0, 0.05) is 11.8 Å². The highest BCUT2D eigenvalue weighted by molar-refractivity contribution is 6.01. The SMILES string of the molecule is Cc1nc(C(C)C)c2c(n1)N(C(C)c1cccnc1N)CC(=O)N2. The van der Waals surface area contributed by atoms with Crippen molar-refractivity contribution in [2.75, 3.05) is 22.5 Å². The van der Waals surface area contributed by atoms with Crippen LogP contribution in [0.2, 0.25) is 0 Å². The van der Waals surface area contributed by atoms with Crippen LogP contribution in [0.25, 0.3) is 0 Å². The fourth-order valence-electron chi connectivity index (χ4n) is 3.00. The van der Waals surface area contributed by atoms with Crippen molar-refractivity contribution in [2.24, 2.45) is 0 Å². The number of rotatable bonds is 3. The van der Waals surface area contributed by atoms with Gasteiger partial charge in [0.25, 0.3) is 0 Å². The molecule has 126 valence electrons. The summed E-state index contributed by atoms with van der Waals surface area (Å²) in [7, 11) is 0. The van der Waals surface area contributed by atoms with Crippen LogP contribution in [0.5, 0.6) is 0 Å². The number of nitrogens with zero attached hydrogens (tertiary/aromatic N) is 4. The zero-order valence-corrected chi connectivity index (χ0v) is 14.4. The van der Waals surface area contributed by atoms with Crippen LogP contribution >= 0.6 is 0 Å². The lowest BCUT2D eigenvalue weighted by Gasteiger charge is -2.36. The molecule has 1 unspecified atom stereocenters. The number of carbonyl (C=O) groups is 1. The maximum Gasteiger partial charge on any atom is 0.244 e. The smallest absolute Gasteiger partial charge is 0.244 e. The first-order chi connectivity index (χ1) is 11.4. The Labute approximate surface area is 141 Å². The van der Waals surface area contributed by atoms with E-state index in [1.54, 1.807) is 6.20 Å². The maximum absolute atomic E-state index is 12.3. The largest absolute Gasteiger partial charge is 0.383 e. The molecule has 0 radical (unpaired) electrons. The summed E-state index contributed by atoms with van der Waals surface area (Å²) in [6, 6.07) is 3.65. The Morgan fingerprint density at radius 3 is 2.71 bits per heavy atom. The summed E-state index contributed by atoms with van der Waals surface area (Å²) < 4.78 is 0. The predicted molar refractivity (Wildman–Crippen MR) is 93.9 cm³/mol. The van der Waals surface area contributed by atoms with Crippen molar-refractivity contribution in [2.45, 2.75) is 39.7 Å². The normalized spacial score (nSPS) is 15.2. The van der Waals surface area contributed by atoms with E-state index in [0.29, 0.717) is 17.3 Å². The van der Waals surface area contributed by atoms with E-state index in [1.165, 1.54) is 0 Å². The zero-order valence-electron chi connectivity index (χ0n) is 14.4. The number of aromatic nitrogens is 3. The van der Waals surface area contributed by atoms with E-state index in [0.717, 1.165) is 17.1 Å². The molecule has 0 aliphatic carbocycles. The first-order valence-electron chi connectivity index (χ1n) is 8.04. The fourth-order valence-corrected chi connectivity index (χ4v) is 3.00. The molecule has 0 spiro atoms. The molecule has 1 aliphatic heterocycles. The van der Waals surface area contributed by atoms with Crippen molar-refractivity contribution >= 4 is 23.2 Å². The van der Waals surface area contributed by atoms with Crippen molar-refractivity contribution in [1.82, 2.24) is 15.0 Å². The third-order valence-corrected chi connectivity index (χ3v) is 4.22. The molecular formula is C17H22N6O. The first-order valence-corrected chi connectivity index (χ1v) is 8.04. The van der Waals surface area contributed by atoms with Crippen LogP contribution in [0.1, 0.15) is 49.8 Å². The molecule has 1 aliphatic rings. The van der Waals surface area contributed by atoms with Gasteiger partial charge in [-0.25, -0.2) is 15.0 Å². The number of carbonyl (C=O) groups excluding carboxylic acids is 1. The van der Waals surface area contributed by atoms with Crippen LogP contribution in [-0.4, -0.2) is 27.4 Å². The minimum absolute atomic E-state index is 0.0776. The summed E-state index contributed by atoms with van der Waals surface area (Å²) in [6.45, 7) is 8.19. The third kappa shape index (κ3) is 2.77. The Hall–Kier alpha value is -2.70. The van der Waals surface area contributed by atoms with E-state index >= 15 is 0 Å². The number of hydrogen-bond acceptors (Lipinski definition) is 6. The first kappa shape index (κ1) is 16.2. The minimum Gasteiger partial charge on any atom is -0.383 e. The van der Waals surface area contributed by atoms with Crippen LogP contribution in [-0.2, 0) is 4.79 Å². The molecule has 1 atom stereocenters. The van der Waals surface area contributed by atoms with Crippen molar-refractivity contribution in [1.29, 1.82) is 0 Å². The second-order valence-corrected chi connectivity index (χ2v) is 6.34. The van der Waals surface area contributed by atoms with Gasteiger partial charge >= 0.3 is 0 Å². The Bertz CT molecular complexity index is 789. The number of hydrogen-bond donors (Lipinski definition) is 2. The highest BCUT2D eigenvalue weighted by atomic mass is 16.2. The summed E-state index contributed by atoms with van der Waals surface area (Å²) in [5, 5.41) is 2.94. The van der Waals surface area contributed by atoms with Crippen LogP contribution < -0.4 is 16.0 Å². The lowest BCUT2D eigenvalue weighted by atomic mass is 10.0. The maximum atomic E-state index is 12.3. The van der Waals surface area contributed by atoms with Gasteiger partial charge in [-0.15, -0.1) is 0 Å². The Kier molecular flexibility index (Phi) is 4.09. The molecule has 0 saturated heterocycles. The number of amides is 1. The standard InChI is InChI=1S/C17H22N6O/c1-9(2)14-15-17(21-11(4)20-14)23(8-13(24)22-15)10(3)12-6-5-7-19-16(12)18/h5-7,9-10H,8H2,1-4H3,(H2,18,19)(H,22,24). The molecule has 3 rings (SSSR count). The minimum atomic E-state index is -0.127. The highest BCUT2D eigenvalue weighted by Crippen LogP contribution is 2.38. The Morgan fingerprint density at radius 2 is 2.04 bits per heavy atom. The second-order valence-electron chi connectivity index (χ2n) is 6.34. The predicted octanol–water partition coefficient (Wildman–Crippen LogP) is 2.41. The van der Waals surface area contributed by atoms with Crippen molar-refractivity contribution in [3.63, 3.8) is 0 Å². The molecule has 24 heavy (non-hydrogen) atoms.